The van der Waals surface area contributed by atoms with Crippen molar-refractivity contribution >= 4 is 17.4 Å². The minimum absolute atomic E-state index is 0.0701. The molecule has 11 heteroatoms. The molecular weight excluding hydrogens is 401 g/mol. The Morgan fingerprint density at radius 2 is 2.00 bits per heavy atom. The van der Waals surface area contributed by atoms with Gasteiger partial charge in [0, 0.05) is 19.1 Å². The molecule has 1 aliphatic carbocycles. The molecule has 2 unspecified atom stereocenters. The molecule has 1 saturated carbocycles. The number of fused-ring (bicyclic) bond motifs is 1. The molecule has 2 fully saturated rings. The van der Waals surface area contributed by atoms with Crippen LogP contribution in [-0.2, 0) is 0 Å². The van der Waals surface area contributed by atoms with Gasteiger partial charge in [0.15, 0.2) is 23.5 Å². The number of nitrogens with one attached hydrogen (secondary N) is 1. The smallest absolute Gasteiger partial charge is 0.361 e. The van der Waals surface area contributed by atoms with E-state index in [1.165, 1.54) is 10.7 Å². The van der Waals surface area contributed by atoms with Crippen molar-refractivity contribution in [2.45, 2.75) is 58.2 Å². The maximum Gasteiger partial charge on any atom is 0.408 e. The molecule has 2 aliphatic rings. The lowest BCUT2D eigenvalue weighted by atomic mass is 10.1. The van der Waals surface area contributed by atoms with E-state index in [-0.39, 0.29) is 11.7 Å². The first-order valence-electron chi connectivity index (χ1n) is 10.0. The summed E-state index contributed by atoms with van der Waals surface area (Å²) in [6, 6.07) is 0.00531. The minimum atomic E-state index is -4.51. The van der Waals surface area contributed by atoms with Gasteiger partial charge in [0.1, 0.15) is 6.04 Å². The normalized spacial score (nSPS) is 21.6. The average Bonchev–Trinajstić information content (AvgIpc) is 3.26. The number of alkyl halides is 3. The molecule has 30 heavy (non-hydrogen) atoms. The summed E-state index contributed by atoms with van der Waals surface area (Å²) in [6.07, 6.45) is -3.27. The Morgan fingerprint density at radius 3 is 2.57 bits per heavy atom. The van der Waals surface area contributed by atoms with Crippen LogP contribution in [-0.4, -0.2) is 68.2 Å². The predicted molar refractivity (Wildman–Crippen MR) is 103 cm³/mol. The van der Waals surface area contributed by atoms with Gasteiger partial charge in [0.2, 0.25) is 0 Å². The van der Waals surface area contributed by atoms with Crippen LogP contribution < -0.4 is 10.2 Å². The molecule has 2 aromatic rings. The van der Waals surface area contributed by atoms with Crippen LogP contribution in [0.25, 0.3) is 5.65 Å². The van der Waals surface area contributed by atoms with E-state index in [1.54, 1.807) is 17.9 Å². The van der Waals surface area contributed by atoms with Crippen molar-refractivity contribution in [1.29, 1.82) is 0 Å². The van der Waals surface area contributed by atoms with Crippen LogP contribution in [0.3, 0.4) is 0 Å². The molecule has 0 aromatic carbocycles. The van der Waals surface area contributed by atoms with Gasteiger partial charge in [-0.1, -0.05) is 0 Å². The minimum Gasteiger partial charge on any atom is -0.361 e. The molecule has 3 heterocycles. The number of aliphatic hydroxyl groups is 1. The molecule has 2 atom stereocenters. The third-order valence-electron chi connectivity index (χ3n) is 5.74. The zero-order valence-electron chi connectivity index (χ0n) is 17.0. The van der Waals surface area contributed by atoms with E-state index >= 15 is 0 Å². The Labute approximate surface area is 171 Å². The number of anilines is 1. The van der Waals surface area contributed by atoms with Gasteiger partial charge < -0.3 is 15.3 Å². The van der Waals surface area contributed by atoms with E-state index in [0.29, 0.717) is 43.0 Å². The van der Waals surface area contributed by atoms with Crippen molar-refractivity contribution in [2.24, 2.45) is 5.92 Å². The molecule has 4 rings (SSSR count). The van der Waals surface area contributed by atoms with Gasteiger partial charge in [-0.3, -0.25) is 9.69 Å². The number of imidazole rings is 1. The van der Waals surface area contributed by atoms with Gasteiger partial charge in [-0.2, -0.15) is 13.2 Å². The Morgan fingerprint density at radius 1 is 1.30 bits per heavy atom. The first kappa shape index (κ1) is 20.9. The van der Waals surface area contributed by atoms with Crippen LogP contribution in [0.15, 0.2) is 12.3 Å². The second-order valence-corrected chi connectivity index (χ2v) is 8.27. The number of nitrogens with zero attached hydrogens (tertiary/aromatic N) is 5. The molecule has 1 amide bonds. The van der Waals surface area contributed by atoms with Crippen LogP contribution in [0.5, 0.6) is 0 Å². The zero-order valence-corrected chi connectivity index (χ0v) is 17.0. The number of carbonyl (C=O) groups is 1. The lowest BCUT2D eigenvalue weighted by Gasteiger charge is -2.28. The lowest BCUT2D eigenvalue weighted by molar-refractivity contribution is -0.158. The van der Waals surface area contributed by atoms with Gasteiger partial charge in [-0.25, -0.2) is 9.50 Å². The van der Waals surface area contributed by atoms with Gasteiger partial charge in [-0.05, 0) is 51.2 Å². The molecule has 8 nitrogen and oxygen atoms in total. The molecule has 0 radical (unpaired) electrons. The number of hydrogen-bond acceptors (Lipinski definition) is 6. The number of aliphatic hydroxyl groups excluding tert-OH is 1. The van der Waals surface area contributed by atoms with E-state index < -0.39 is 30.4 Å². The van der Waals surface area contributed by atoms with Crippen molar-refractivity contribution in [3.8, 4) is 0 Å². The fraction of sp³-hybridized carbons (Fsp3) is 0.632. The number of aryl methyl sites for hydroxylation is 1. The monoisotopic (exact) mass is 426 g/mol. The summed E-state index contributed by atoms with van der Waals surface area (Å²) < 4.78 is 41.2. The maximum absolute atomic E-state index is 13.3. The molecular formula is C19H25F3N6O2. The molecule has 0 bridgehead atoms. The van der Waals surface area contributed by atoms with Crippen LogP contribution in [0, 0.1) is 12.8 Å². The Hall–Kier alpha value is -2.40. The van der Waals surface area contributed by atoms with E-state index in [4.69, 9.17) is 0 Å². The Bertz CT molecular complexity index is 956. The largest absolute Gasteiger partial charge is 0.408 e. The van der Waals surface area contributed by atoms with Gasteiger partial charge in [-0.15, -0.1) is 5.10 Å². The number of hydrogen-bond donors (Lipinski definition) is 2. The highest BCUT2D eigenvalue weighted by Crippen LogP contribution is 2.40. The first-order valence-corrected chi connectivity index (χ1v) is 10.0. The SMILES string of the molecule is Cc1cc(N2CCN(C(C)C)C2O)nn2c(C(=O)NC(C3CC3)C(F)(F)F)cnc12. The predicted octanol–water partition coefficient (Wildman–Crippen LogP) is 1.91. The van der Waals surface area contributed by atoms with Crippen LogP contribution >= 0.6 is 0 Å². The van der Waals surface area contributed by atoms with Gasteiger partial charge in [0.05, 0.1) is 6.20 Å². The Kier molecular flexibility index (Phi) is 5.13. The molecule has 2 aromatic heterocycles. The van der Waals surface area contributed by atoms with E-state index in [1.807, 2.05) is 18.7 Å². The van der Waals surface area contributed by atoms with Crippen molar-refractivity contribution < 1.29 is 23.1 Å². The fourth-order valence-electron chi connectivity index (χ4n) is 3.90. The highest BCUT2D eigenvalue weighted by Gasteiger charge is 2.50. The molecule has 2 N–H and O–H groups in total. The molecule has 1 saturated heterocycles. The third kappa shape index (κ3) is 3.71. The highest BCUT2D eigenvalue weighted by molar-refractivity contribution is 5.93. The summed E-state index contributed by atoms with van der Waals surface area (Å²) in [4.78, 5) is 20.4. The molecule has 1 aliphatic heterocycles. The summed E-state index contributed by atoms with van der Waals surface area (Å²) >= 11 is 0. The second kappa shape index (κ2) is 7.38. The van der Waals surface area contributed by atoms with Crippen LogP contribution in [0.4, 0.5) is 19.0 Å². The number of aromatic nitrogens is 3. The lowest BCUT2D eigenvalue weighted by Crippen LogP contribution is -2.47. The topological polar surface area (TPSA) is 86.0 Å². The van der Waals surface area contributed by atoms with Crippen LogP contribution in [0.1, 0.15) is 42.7 Å². The van der Waals surface area contributed by atoms with Gasteiger partial charge >= 0.3 is 6.18 Å². The number of carbonyl (C=O) groups excluding carboxylic acids is 1. The first-order chi connectivity index (χ1) is 14.1. The quantitative estimate of drug-likeness (QED) is 0.760. The summed E-state index contributed by atoms with van der Waals surface area (Å²) in [6.45, 7) is 6.91. The van der Waals surface area contributed by atoms with Crippen molar-refractivity contribution in [2.75, 3.05) is 18.0 Å². The summed E-state index contributed by atoms with van der Waals surface area (Å²) in [7, 11) is 0. The number of halogens is 3. The molecule has 164 valence electrons. The Balaban J connectivity index is 1.65. The third-order valence-corrected chi connectivity index (χ3v) is 5.74. The average molecular weight is 426 g/mol. The summed E-state index contributed by atoms with van der Waals surface area (Å²) in [5.41, 5.74) is 1.01. The summed E-state index contributed by atoms with van der Waals surface area (Å²) in [5.74, 6) is -1.02. The standard InChI is InChI=1S/C19H25F3N6O2/c1-10(2)26-6-7-27(18(26)30)14-8-11(3)16-23-9-13(28(16)25-14)17(29)24-15(12-4-5-12)19(20,21)22/h8-10,12,15,18,30H,4-7H2,1-3H3,(H,24,29). The fourth-order valence-corrected chi connectivity index (χ4v) is 3.90. The van der Waals surface area contributed by atoms with Gasteiger partial charge in [0.25, 0.3) is 5.91 Å². The zero-order chi connectivity index (χ0) is 21.8. The number of amides is 1. The van der Waals surface area contributed by atoms with E-state index in [2.05, 4.69) is 15.4 Å². The number of rotatable bonds is 5. The van der Waals surface area contributed by atoms with E-state index in [9.17, 15) is 23.1 Å². The van der Waals surface area contributed by atoms with Crippen LogP contribution in [0.2, 0.25) is 0 Å². The second-order valence-electron chi connectivity index (χ2n) is 8.27. The van der Waals surface area contributed by atoms with Crippen molar-refractivity contribution in [1.82, 2.24) is 24.8 Å². The van der Waals surface area contributed by atoms with Crippen molar-refractivity contribution in [3.63, 3.8) is 0 Å². The molecule has 0 spiro atoms. The highest BCUT2D eigenvalue weighted by atomic mass is 19.4. The maximum atomic E-state index is 13.3. The van der Waals surface area contributed by atoms with E-state index in [0.717, 1.165) is 0 Å². The summed E-state index contributed by atoms with van der Waals surface area (Å²) in [5, 5.41) is 17.2. The van der Waals surface area contributed by atoms with Crippen molar-refractivity contribution in [3.05, 3.63) is 23.5 Å².